The molecular weight excluding hydrogens is 374 g/mol. The van der Waals surface area contributed by atoms with Crippen molar-refractivity contribution in [2.45, 2.75) is 57.2 Å². The lowest BCUT2D eigenvalue weighted by atomic mass is 10.1. The third kappa shape index (κ3) is 8.53. The highest BCUT2D eigenvalue weighted by Crippen LogP contribution is 2.27. The van der Waals surface area contributed by atoms with Crippen LogP contribution in [0.2, 0.25) is 0 Å². The number of ether oxygens (including phenoxy) is 3. The van der Waals surface area contributed by atoms with Crippen LogP contribution in [0, 0.1) is 0 Å². The zero-order chi connectivity index (χ0) is 20.6. The number of thioether (sulfide) groups is 1. The van der Waals surface area contributed by atoms with Crippen molar-refractivity contribution in [3.05, 3.63) is 11.1 Å². The first-order chi connectivity index (χ1) is 12.6. The number of rotatable bonds is 8. The Kier molecular flexibility index (Phi) is 8.91. The van der Waals surface area contributed by atoms with Crippen LogP contribution in [0.5, 0.6) is 0 Å². The van der Waals surface area contributed by atoms with Crippen molar-refractivity contribution in [3.63, 3.8) is 0 Å². The van der Waals surface area contributed by atoms with E-state index in [2.05, 4.69) is 20.7 Å². The third-order valence-corrected chi connectivity index (χ3v) is 4.47. The summed E-state index contributed by atoms with van der Waals surface area (Å²) in [5.41, 5.74) is -0.318. The van der Waals surface area contributed by atoms with E-state index in [9.17, 15) is 14.4 Å². The van der Waals surface area contributed by atoms with E-state index in [4.69, 9.17) is 9.47 Å². The molecule has 0 aromatic heterocycles. The molecule has 154 valence electrons. The molecule has 9 nitrogen and oxygen atoms in total. The van der Waals surface area contributed by atoms with Crippen molar-refractivity contribution in [1.82, 2.24) is 16.0 Å². The number of alkyl carbamates (subject to hydrolysis) is 1. The number of hydrogen-bond acceptors (Lipinski definition) is 9. The van der Waals surface area contributed by atoms with Gasteiger partial charge in [0.25, 0.3) is 0 Å². The Hall–Kier alpha value is -1.94. The molecule has 0 aliphatic carbocycles. The lowest BCUT2D eigenvalue weighted by Crippen LogP contribution is -2.48. The van der Waals surface area contributed by atoms with Crippen LogP contribution in [0.1, 0.15) is 34.1 Å². The Labute approximate surface area is 163 Å². The second-order valence-corrected chi connectivity index (χ2v) is 8.02. The summed E-state index contributed by atoms with van der Waals surface area (Å²) >= 11 is 1.32. The van der Waals surface area contributed by atoms with Gasteiger partial charge in [-0.25, -0.2) is 9.59 Å². The van der Waals surface area contributed by atoms with Crippen molar-refractivity contribution >= 4 is 29.8 Å². The Morgan fingerprint density at radius 3 is 2.52 bits per heavy atom. The van der Waals surface area contributed by atoms with Gasteiger partial charge in [0.15, 0.2) is 0 Å². The molecule has 0 fully saturated rings. The predicted octanol–water partition coefficient (Wildman–Crippen LogP) is 1.10. The molecule has 1 amide bonds. The Morgan fingerprint density at radius 1 is 1.33 bits per heavy atom. The van der Waals surface area contributed by atoms with Gasteiger partial charge in [-0.2, -0.15) is 0 Å². The van der Waals surface area contributed by atoms with Crippen molar-refractivity contribution in [2.75, 3.05) is 20.7 Å². The molecule has 1 aliphatic heterocycles. The van der Waals surface area contributed by atoms with Gasteiger partial charge in [0.05, 0.1) is 7.11 Å². The molecule has 0 aromatic rings. The van der Waals surface area contributed by atoms with Crippen molar-refractivity contribution in [1.29, 1.82) is 0 Å². The number of carbonyl (C=O) groups is 3. The maximum absolute atomic E-state index is 12.1. The van der Waals surface area contributed by atoms with Gasteiger partial charge in [-0.1, -0.05) is 0 Å². The molecule has 3 atom stereocenters. The first-order valence-corrected chi connectivity index (χ1v) is 9.51. The first-order valence-electron chi connectivity index (χ1n) is 8.57. The van der Waals surface area contributed by atoms with E-state index in [0.29, 0.717) is 18.7 Å². The van der Waals surface area contributed by atoms with E-state index in [0.717, 1.165) is 0 Å². The van der Waals surface area contributed by atoms with E-state index >= 15 is 0 Å². The summed E-state index contributed by atoms with van der Waals surface area (Å²) in [5, 5.41) is 10.0. The molecular formula is C17H29N3O6S. The van der Waals surface area contributed by atoms with E-state index in [1.807, 2.05) is 0 Å². The van der Waals surface area contributed by atoms with Gasteiger partial charge in [-0.05, 0) is 27.8 Å². The fraction of sp³-hybridized carbons (Fsp3) is 0.706. The van der Waals surface area contributed by atoms with Crippen molar-refractivity contribution < 1.29 is 28.6 Å². The van der Waals surface area contributed by atoms with Crippen molar-refractivity contribution in [2.24, 2.45) is 0 Å². The largest absolute Gasteiger partial charge is 0.464 e. The van der Waals surface area contributed by atoms with Crippen LogP contribution in [0.3, 0.4) is 0 Å². The first kappa shape index (κ1) is 23.1. The zero-order valence-electron chi connectivity index (χ0n) is 16.6. The molecule has 10 heteroatoms. The number of methoxy groups -OCH3 is 1. The molecule has 1 unspecified atom stereocenters. The maximum Gasteiger partial charge on any atom is 0.407 e. The van der Waals surface area contributed by atoms with Gasteiger partial charge in [0.2, 0.25) is 0 Å². The van der Waals surface area contributed by atoms with E-state index in [1.165, 1.54) is 25.8 Å². The minimum Gasteiger partial charge on any atom is -0.464 e. The molecule has 0 saturated carbocycles. The molecule has 3 N–H and O–H groups in total. The Morgan fingerprint density at radius 2 is 2.00 bits per heavy atom. The second-order valence-electron chi connectivity index (χ2n) is 7.01. The highest BCUT2D eigenvalue weighted by molar-refractivity contribution is 8.03. The normalized spacial score (nSPS) is 18.6. The second kappa shape index (κ2) is 10.4. The van der Waals surface area contributed by atoms with Gasteiger partial charge < -0.3 is 30.2 Å². The monoisotopic (exact) mass is 403 g/mol. The van der Waals surface area contributed by atoms with Gasteiger partial charge in [-0.3, -0.25) is 4.79 Å². The molecule has 0 spiro atoms. The molecule has 0 radical (unpaired) electrons. The smallest absolute Gasteiger partial charge is 0.407 e. The highest BCUT2D eigenvalue weighted by atomic mass is 32.2. The van der Waals surface area contributed by atoms with Gasteiger partial charge >= 0.3 is 18.0 Å². The zero-order valence-corrected chi connectivity index (χ0v) is 17.4. The molecule has 1 aliphatic rings. The number of carbonyl (C=O) groups excluding carboxylic acids is 3. The average molecular weight is 404 g/mol. The SMILES string of the molecule is CNC[C@@H](C[C@@H](OC(C)=O)C1NC(C(=O)OC)=CS1)NC(=O)OC(C)(C)C. The fourth-order valence-electron chi connectivity index (χ4n) is 2.40. The average Bonchev–Trinajstić information content (AvgIpc) is 3.01. The quantitative estimate of drug-likeness (QED) is 0.405. The van der Waals surface area contributed by atoms with E-state index < -0.39 is 29.7 Å². The van der Waals surface area contributed by atoms with E-state index in [1.54, 1.807) is 33.2 Å². The maximum atomic E-state index is 12.1. The Bertz CT molecular complexity index is 576. The summed E-state index contributed by atoms with van der Waals surface area (Å²) in [6.45, 7) is 7.10. The minimum absolute atomic E-state index is 0.301. The summed E-state index contributed by atoms with van der Waals surface area (Å²) in [4.78, 5) is 35.3. The summed E-state index contributed by atoms with van der Waals surface area (Å²) in [6, 6.07) is -0.348. The third-order valence-electron chi connectivity index (χ3n) is 3.38. The molecule has 1 heterocycles. The van der Waals surface area contributed by atoms with Crippen LogP contribution >= 0.6 is 11.8 Å². The number of amides is 1. The molecule has 27 heavy (non-hydrogen) atoms. The fourth-order valence-corrected chi connectivity index (χ4v) is 3.39. The van der Waals surface area contributed by atoms with Crippen molar-refractivity contribution in [3.8, 4) is 0 Å². The number of nitrogens with one attached hydrogen (secondary N) is 3. The minimum atomic E-state index is -0.619. The van der Waals surface area contributed by atoms with Crippen LogP contribution in [0.4, 0.5) is 4.79 Å². The summed E-state index contributed by atoms with van der Waals surface area (Å²) in [5.74, 6) is -0.945. The van der Waals surface area contributed by atoms with Gasteiger partial charge in [0.1, 0.15) is 22.8 Å². The number of likely N-dealkylation sites (N-methyl/N-ethyl adjacent to an activating group) is 1. The van der Waals surface area contributed by atoms with Gasteiger partial charge in [0, 0.05) is 31.3 Å². The lowest BCUT2D eigenvalue weighted by molar-refractivity contribution is -0.147. The van der Waals surface area contributed by atoms with Crippen LogP contribution in [0.25, 0.3) is 0 Å². The molecule has 0 aromatic carbocycles. The molecule has 0 bridgehead atoms. The van der Waals surface area contributed by atoms with Crippen LogP contribution in [-0.2, 0) is 23.8 Å². The Balaban J connectivity index is 2.78. The summed E-state index contributed by atoms with van der Waals surface area (Å²) < 4.78 is 15.4. The molecule has 0 saturated heterocycles. The number of hydrogen-bond donors (Lipinski definition) is 3. The molecule has 1 rings (SSSR count). The predicted molar refractivity (Wildman–Crippen MR) is 102 cm³/mol. The van der Waals surface area contributed by atoms with Gasteiger partial charge in [-0.15, -0.1) is 11.8 Å². The van der Waals surface area contributed by atoms with E-state index in [-0.39, 0.29) is 11.4 Å². The summed E-state index contributed by atoms with van der Waals surface area (Å²) in [7, 11) is 3.05. The van der Waals surface area contributed by atoms with Crippen LogP contribution in [-0.4, -0.2) is 61.9 Å². The number of esters is 2. The topological polar surface area (TPSA) is 115 Å². The van der Waals surface area contributed by atoms with Crippen LogP contribution < -0.4 is 16.0 Å². The highest BCUT2D eigenvalue weighted by Gasteiger charge is 2.33. The standard InChI is InChI=1S/C17H29N3O6S/c1-10(21)25-13(14-20-12(9-27-14)15(22)24-6)7-11(8-18-5)19-16(23)26-17(2,3)4/h9,11,13-14,18,20H,7-8H2,1-6H3,(H,19,23)/t11-,13-,14?/m1/s1. The van der Waals surface area contributed by atoms with Crippen LogP contribution in [0.15, 0.2) is 11.1 Å². The summed E-state index contributed by atoms with van der Waals surface area (Å²) in [6.07, 6.45) is -0.809. The lowest BCUT2D eigenvalue weighted by Gasteiger charge is -2.29.